The Kier molecular flexibility index (Phi) is 6.06. The van der Waals surface area contributed by atoms with Gasteiger partial charge in [0.1, 0.15) is 16.8 Å². The van der Waals surface area contributed by atoms with Gasteiger partial charge in [-0.25, -0.2) is 4.98 Å². The average Bonchev–Trinajstić information content (AvgIpc) is 3.16. The molecule has 26 heavy (non-hydrogen) atoms. The van der Waals surface area contributed by atoms with Crippen LogP contribution in [0.4, 0.5) is 0 Å². The van der Waals surface area contributed by atoms with E-state index in [2.05, 4.69) is 18.0 Å². The molecule has 0 unspecified atom stereocenters. The number of hydrogen-bond acceptors (Lipinski definition) is 4. The molecule has 3 aromatic rings. The van der Waals surface area contributed by atoms with E-state index in [4.69, 9.17) is 16.3 Å². The Bertz CT molecular complexity index is 937. The van der Waals surface area contributed by atoms with Crippen molar-refractivity contribution in [3.63, 3.8) is 0 Å². The zero-order chi connectivity index (χ0) is 18.4. The van der Waals surface area contributed by atoms with Gasteiger partial charge in [-0.1, -0.05) is 42.8 Å². The first-order valence-corrected chi connectivity index (χ1v) is 9.52. The van der Waals surface area contributed by atoms with Gasteiger partial charge in [-0.2, -0.15) is 5.26 Å². The quantitative estimate of drug-likeness (QED) is 0.470. The van der Waals surface area contributed by atoms with Crippen LogP contribution in [0, 0.1) is 11.3 Å². The molecule has 0 aliphatic rings. The van der Waals surface area contributed by atoms with Crippen LogP contribution in [0.15, 0.2) is 53.9 Å². The van der Waals surface area contributed by atoms with E-state index >= 15 is 0 Å². The van der Waals surface area contributed by atoms with Crippen molar-refractivity contribution in [1.82, 2.24) is 4.98 Å². The molecule has 3 rings (SSSR count). The van der Waals surface area contributed by atoms with Crippen LogP contribution in [-0.2, 0) is 0 Å². The summed E-state index contributed by atoms with van der Waals surface area (Å²) in [6.07, 6.45) is 2.81. The summed E-state index contributed by atoms with van der Waals surface area (Å²) in [4.78, 5) is 4.60. The van der Waals surface area contributed by atoms with E-state index < -0.39 is 0 Å². The van der Waals surface area contributed by atoms with Crippen LogP contribution in [0.5, 0.6) is 5.75 Å². The Hall–Kier alpha value is -2.61. The molecule has 0 atom stereocenters. The number of hydrogen-bond donors (Lipinski definition) is 0. The zero-order valence-corrected chi connectivity index (χ0v) is 15.8. The highest BCUT2D eigenvalue weighted by molar-refractivity contribution is 7.11. The van der Waals surface area contributed by atoms with E-state index in [1.165, 1.54) is 11.3 Å². The summed E-state index contributed by atoms with van der Waals surface area (Å²) < 4.78 is 5.58. The standard InChI is InChI=1S/C21H17ClN2OS/c1-2-11-25-19-9-3-15(4-10-19)12-17(13-23)21-24-20(14-26-21)16-5-7-18(22)8-6-16/h3-10,12,14H,2,11H2,1H3/b17-12-. The number of nitriles is 1. The third-order valence-corrected chi connectivity index (χ3v) is 4.79. The summed E-state index contributed by atoms with van der Waals surface area (Å²) in [7, 11) is 0. The molecule has 130 valence electrons. The number of rotatable bonds is 6. The Labute approximate surface area is 162 Å². The molecule has 0 radical (unpaired) electrons. The summed E-state index contributed by atoms with van der Waals surface area (Å²) in [5.41, 5.74) is 3.30. The number of thiazole rings is 1. The van der Waals surface area contributed by atoms with Crippen molar-refractivity contribution >= 4 is 34.6 Å². The van der Waals surface area contributed by atoms with Gasteiger partial charge in [0.25, 0.3) is 0 Å². The summed E-state index contributed by atoms with van der Waals surface area (Å²) in [6, 6.07) is 17.5. The topological polar surface area (TPSA) is 45.9 Å². The highest BCUT2D eigenvalue weighted by Gasteiger charge is 2.09. The molecule has 0 aliphatic heterocycles. The van der Waals surface area contributed by atoms with Crippen molar-refractivity contribution in [3.8, 4) is 23.1 Å². The lowest BCUT2D eigenvalue weighted by atomic mass is 10.1. The molecule has 0 N–H and O–H groups in total. The molecule has 1 heterocycles. The van der Waals surface area contributed by atoms with Crippen LogP contribution in [0.1, 0.15) is 23.9 Å². The Morgan fingerprint density at radius 1 is 1.19 bits per heavy atom. The first-order chi connectivity index (χ1) is 12.7. The molecular weight excluding hydrogens is 364 g/mol. The van der Waals surface area contributed by atoms with Gasteiger partial charge >= 0.3 is 0 Å². The molecule has 0 amide bonds. The summed E-state index contributed by atoms with van der Waals surface area (Å²) in [5.74, 6) is 0.835. The fourth-order valence-electron chi connectivity index (χ4n) is 2.34. The molecule has 0 bridgehead atoms. The second-order valence-corrected chi connectivity index (χ2v) is 6.93. The van der Waals surface area contributed by atoms with E-state index in [-0.39, 0.29) is 0 Å². The maximum absolute atomic E-state index is 9.53. The summed E-state index contributed by atoms with van der Waals surface area (Å²) in [6.45, 7) is 2.77. The Morgan fingerprint density at radius 2 is 1.92 bits per heavy atom. The van der Waals surface area contributed by atoms with Crippen molar-refractivity contribution in [2.75, 3.05) is 6.61 Å². The van der Waals surface area contributed by atoms with Crippen LogP contribution in [0.25, 0.3) is 22.9 Å². The molecule has 5 heteroatoms. The van der Waals surface area contributed by atoms with Gasteiger partial charge in [-0.15, -0.1) is 11.3 Å². The zero-order valence-electron chi connectivity index (χ0n) is 14.3. The van der Waals surface area contributed by atoms with Gasteiger partial charge in [0.2, 0.25) is 0 Å². The third-order valence-electron chi connectivity index (χ3n) is 3.66. The molecule has 0 spiro atoms. The lowest BCUT2D eigenvalue weighted by Crippen LogP contribution is -1.94. The lowest BCUT2D eigenvalue weighted by molar-refractivity contribution is 0.317. The molecular formula is C21H17ClN2OS. The smallest absolute Gasteiger partial charge is 0.134 e. The van der Waals surface area contributed by atoms with Crippen molar-refractivity contribution in [3.05, 3.63) is 69.5 Å². The van der Waals surface area contributed by atoms with Gasteiger partial charge in [0.15, 0.2) is 0 Å². The third kappa shape index (κ3) is 4.51. The van der Waals surface area contributed by atoms with E-state index in [0.717, 1.165) is 29.0 Å². The maximum Gasteiger partial charge on any atom is 0.134 e. The van der Waals surface area contributed by atoms with E-state index in [9.17, 15) is 5.26 Å². The largest absolute Gasteiger partial charge is 0.494 e. The van der Waals surface area contributed by atoms with Crippen LogP contribution < -0.4 is 4.74 Å². The highest BCUT2D eigenvalue weighted by Crippen LogP contribution is 2.28. The lowest BCUT2D eigenvalue weighted by Gasteiger charge is -2.04. The molecule has 0 saturated carbocycles. The van der Waals surface area contributed by atoms with Crippen LogP contribution >= 0.6 is 22.9 Å². The van der Waals surface area contributed by atoms with E-state index in [1.54, 1.807) is 0 Å². The first-order valence-electron chi connectivity index (χ1n) is 8.26. The molecule has 0 aliphatic carbocycles. The fourth-order valence-corrected chi connectivity index (χ4v) is 3.26. The van der Waals surface area contributed by atoms with Crippen molar-refractivity contribution in [2.24, 2.45) is 0 Å². The fraction of sp³-hybridized carbons (Fsp3) is 0.143. The highest BCUT2D eigenvalue weighted by atomic mass is 35.5. The molecule has 3 nitrogen and oxygen atoms in total. The van der Waals surface area contributed by atoms with Gasteiger partial charge in [0, 0.05) is 16.0 Å². The van der Waals surface area contributed by atoms with E-state index in [0.29, 0.717) is 22.2 Å². The second-order valence-electron chi connectivity index (χ2n) is 5.63. The van der Waals surface area contributed by atoms with Gasteiger partial charge in [-0.3, -0.25) is 0 Å². The van der Waals surface area contributed by atoms with Gasteiger partial charge < -0.3 is 4.74 Å². The monoisotopic (exact) mass is 380 g/mol. The van der Waals surface area contributed by atoms with Gasteiger partial charge in [0.05, 0.1) is 17.9 Å². The number of nitrogens with zero attached hydrogens (tertiary/aromatic N) is 2. The first kappa shape index (κ1) is 18.2. The van der Waals surface area contributed by atoms with Crippen LogP contribution in [0.3, 0.4) is 0 Å². The maximum atomic E-state index is 9.53. The Morgan fingerprint density at radius 3 is 2.58 bits per heavy atom. The van der Waals surface area contributed by atoms with Crippen LogP contribution in [0.2, 0.25) is 5.02 Å². The minimum atomic E-state index is 0.539. The molecule has 0 fully saturated rings. The van der Waals surface area contributed by atoms with Crippen LogP contribution in [-0.4, -0.2) is 11.6 Å². The minimum Gasteiger partial charge on any atom is -0.494 e. The number of benzene rings is 2. The Balaban J connectivity index is 1.81. The summed E-state index contributed by atoms with van der Waals surface area (Å²) >= 11 is 7.38. The molecule has 2 aromatic carbocycles. The van der Waals surface area contributed by atoms with Crippen molar-refractivity contribution in [1.29, 1.82) is 5.26 Å². The average molecular weight is 381 g/mol. The predicted molar refractivity (Wildman–Crippen MR) is 108 cm³/mol. The van der Waals surface area contributed by atoms with Crippen molar-refractivity contribution in [2.45, 2.75) is 13.3 Å². The number of ether oxygens (including phenoxy) is 1. The van der Waals surface area contributed by atoms with E-state index in [1.807, 2.05) is 60.0 Å². The normalized spacial score (nSPS) is 11.2. The number of halogens is 1. The number of aromatic nitrogens is 1. The van der Waals surface area contributed by atoms with Crippen molar-refractivity contribution < 1.29 is 4.74 Å². The molecule has 1 aromatic heterocycles. The molecule has 0 saturated heterocycles. The summed E-state index contributed by atoms with van der Waals surface area (Å²) in [5, 5.41) is 12.9. The number of allylic oxidation sites excluding steroid dienone is 1. The minimum absolute atomic E-state index is 0.539. The van der Waals surface area contributed by atoms with Gasteiger partial charge in [-0.05, 0) is 42.3 Å². The SMILES string of the molecule is CCCOc1ccc(/C=C(/C#N)c2nc(-c3ccc(Cl)cc3)cs2)cc1. The second kappa shape index (κ2) is 8.66. The predicted octanol–water partition coefficient (Wildman–Crippen LogP) is 6.32.